The highest BCUT2D eigenvalue weighted by atomic mass is 32.2. The standard InChI is InChI=1S/C24H26N2O4S/c1-16-12-20(28-2)21(29-3)13-17(16)14-22-23(27)26(15-19-10-7-11-30-19)24(31-22)25-18-8-5-4-6-9-18/h4-6,8-9,12-14,19H,7,10-11,15H2,1-3H3/b22-14-,25-24?/t19-/m0/s1. The number of nitrogens with zero attached hydrogens (tertiary/aromatic N) is 2. The minimum absolute atomic E-state index is 0.0488. The van der Waals surface area contributed by atoms with Crippen molar-refractivity contribution in [3.8, 4) is 11.5 Å². The highest BCUT2D eigenvalue weighted by Gasteiger charge is 2.36. The Labute approximate surface area is 186 Å². The van der Waals surface area contributed by atoms with E-state index in [1.165, 1.54) is 11.8 Å². The molecule has 0 spiro atoms. The predicted molar refractivity (Wildman–Crippen MR) is 124 cm³/mol. The van der Waals surface area contributed by atoms with E-state index in [-0.39, 0.29) is 12.0 Å². The van der Waals surface area contributed by atoms with Crippen molar-refractivity contribution in [1.29, 1.82) is 0 Å². The quantitative estimate of drug-likeness (QED) is 0.607. The number of rotatable bonds is 6. The van der Waals surface area contributed by atoms with Crippen molar-refractivity contribution >= 4 is 34.6 Å². The molecule has 0 bridgehead atoms. The lowest BCUT2D eigenvalue weighted by molar-refractivity contribution is -0.123. The Morgan fingerprint density at radius 1 is 1.19 bits per heavy atom. The summed E-state index contributed by atoms with van der Waals surface area (Å²) < 4.78 is 16.6. The van der Waals surface area contributed by atoms with E-state index in [4.69, 9.17) is 19.2 Å². The van der Waals surface area contributed by atoms with Crippen LogP contribution in [0.15, 0.2) is 52.4 Å². The lowest BCUT2D eigenvalue weighted by Gasteiger charge is -2.19. The number of aryl methyl sites for hydroxylation is 1. The topological polar surface area (TPSA) is 60.4 Å². The number of para-hydroxylation sites is 1. The number of carbonyl (C=O) groups is 1. The first-order valence-corrected chi connectivity index (χ1v) is 11.1. The van der Waals surface area contributed by atoms with Gasteiger partial charge in [-0.25, -0.2) is 4.99 Å². The minimum atomic E-state index is -0.0515. The van der Waals surface area contributed by atoms with Crippen LogP contribution in [0.5, 0.6) is 11.5 Å². The van der Waals surface area contributed by atoms with Crippen molar-refractivity contribution in [2.75, 3.05) is 27.4 Å². The smallest absolute Gasteiger partial charge is 0.266 e. The molecule has 2 heterocycles. The van der Waals surface area contributed by atoms with E-state index in [9.17, 15) is 4.79 Å². The van der Waals surface area contributed by atoms with E-state index in [1.54, 1.807) is 19.1 Å². The predicted octanol–water partition coefficient (Wildman–Crippen LogP) is 4.80. The highest BCUT2D eigenvalue weighted by molar-refractivity contribution is 8.18. The summed E-state index contributed by atoms with van der Waals surface area (Å²) in [5.74, 6) is 1.24. The zero-order valence-electron chi connectivity index (χ0n) is 18.0. The van der Waals surface area contributed by atoms with Crippen molar-refractivity contribution in [3.63, 3.8) is 0 Å². The van der Waals surface area contributed by atoms with Gasteiger partial charge < -0.3 is 14.2 Å². The van der Waals surface area contributed by atoms with Crippen molar-refractivity contribution in [1.82, 2.24) is 4.90 Å². The van der Waals surface area contributed by atoms with E-state index in [2.05, 4.69) is 0 Å². The third kappa shape index (κ3) is 4.78. The number of amides is 1. The maximum absolute atomic E-state index is 13.3. The van der Waals surface area contributed by atoms with Crippen molar-refractivity contribution in [3.05, 3.63) is 58.5 Å². The van der Waals surface area contributed by atoms with Gasteiger partial charge in [0, 0.05) is 6.61 Å². The van der Waals surface area contributed by atoms with Crippen LogP contribution in [0.1, 0.15) is 24.0 Å². The number of benzene rings is 2. The molecule has 0 unspecified atom stereocenters. The molecule has 0 aliphatic carbocycles. The fourth-order valence-electron chi connectivity index (χ4n) is 3.65. The Morgan fingerprint density at radius 3 is 2.61 bits per heavy atom. The van der Waals surface area contributed by atoms with Gasteiger partial charge in [0.15, 0.2) is 16.7 Å². The molecular formula is C24H26N2O4S. The Kier molecular flexibility index (Phi) is 6.63. The Balaban J connectivity index is 1.68. The number of hydrogen-bond donors (Lipinski definition) is 0. The van der Waals surface area contributed by atoms with Gasteiger partial charge >= 0.3 is 0 Å². The maximum atomic E-state index is 13.3. The van der Waals surface area contributed by atoms with Crippen molar-refractivity contribution < 1.29 is 19.0 Å². The van der Waals surface area contributed by atoms with E-state index in [0.29, 0.717) is 28.1 Å². The Hall–Kier alpha value is -2.77. The summed E-state index contributed by atoms with van der Waals surface area (Å²) in [5, 5.41) is 0.677. The first-order valence-electron chi connectivity index (χ1n) is 10.3. The molecule has 2 fully saturated rings. The summed E-state index contributed by atoms with van der Waals surface area (Å²) in [6.45, 7) is 3.25. The lowest BCUT2D eigenvalue weighted by Crippen LogP contribution is -2.36. The summed E-state index contributed by atoms with van der Waals surface area (Å²) in [6, 6.07) is 13.5. The normalized spacial score (nSPS) is 21.3. The second-order valence-corrected chi connectivity index (χ2v) is 8.46. The molecule has 0 saturated carbocycles. The van der Waals surface area contributed by atoms with E-state index in [1.807, 2.05) is 55.5 Å². The monoisotopic (exact) mass is 438 g/mol. The van der Waals surface area contributed by atoms with E-state index < -0.39 is 0 Å². The van der Waals surface area contributed by atoms with Crippen LogP contribution in [0.25, 0.3) is 6.08 Å². The molecule has 31 heavy (non-hydrogen) atoms. The van der Waals surface area contributed by atoms with Gasteiger partial charge in [-0.3, -0.25) is 9.69 Å². The number of methoxy groups -OCH3 is 2. The van der Waals surface area contributed by atoms with Crippen LogP contribution in [-0.2, 0) is 9.53 Å². The maximum Gasteiger partial charge on any atom is 0.266 e. The van der Waals surface area contributed by atoms with Crippen molar-refractivity contribution in [2.24, 2.45) is 4.99 Å². The van der Waals surface area contributed by atoms with Crippen LogP contribution < -0.4 is 9.47 Å². The third-order valence-corrected chi connectivity index (χ3v) is 6.34. The second-order valence-electron chi connectivity index (χ2n) is 7.46. The van der Waals surface area contributed by atoms with Gasteiger partial charge in [0.1, 0.15) is 0 Å². The molecule has 1 amide bonds. The summed E-state index contributed by atoms with van der Waals surface area (Å²) in [5.41, 5.74) is 2.72. The van der Waals surface area contributed by atoms with Crippen LogP contribution >= 0.6 is 11.8 Å². The molecule has 162 valence electrons. The van der Waals surface area contributed by atoms with Gasteiger partial charge in [0.25, 0.3) is 5.91 Å². The first-order chi connectivity index (χ1) is 15.1. The van der Waals surface area contributed by atoms with E-state index in [0.717, 1.165) is 36.3 Å². The van der Waals surface area contributed by atoms with Crippen LogP contribution in [0.4, 0.5) is 5.69 Å². The molecule has 6 nitrogen and oxygen atoms in total. The molecule has 0 radical (unpaired) electrons. The number of amidine groups is 1. The van der Waals surface area contributed by atoms with Gasteiger partial charge in [-0.2, -0.15) is 0 Å². The lowest BCUT2D eigenvalue weighted by atomic mass is 10.1. The molecule has 4 rings (SSSR count). The Morgan fingerprint density at radius 2 is 1.94 bits per heavy atom. The van der Waals surface area contributed by atoms with Crippen LogP contribution in [-0.4, -0.2) is 49.4 Å². The van der Waals surface area contributed by atoms with Gasteiger partial charge in [-0.05, 0) is 73.0 Å². The molecule has 0 aromatic heterocycles. The fraction of sp³-hybridized carbons (Fsp3) is 0.333. The summed E-state index contributed by atoms with van der Waals surface area (Å²) in [6.07, 6.45) is 3.94. The average Bonchev–Trinajstić information content (AvgIpc) is 3.40. The molecular weight excluding hydrogens is 412 g/mol. The number of carbonyl (C=O) groups excluding carboxylic acids is 1. The zero-order chi connectivity index (χ0) is 21.8. The van der Waals surface area contributed by atoms with Crippen LogP contribution in [0.2, 0.25) is 0 Å². The number of thioether (sulfide) groups is 1. The number of hydrogen-bond acceptors (Lipinski definition) is 6. The average molecular weight is 439 g/mol. The number of aliphatic imine (C=N–C) groups is 1. The third-order valence-electron chi connectivity index (χ3n) is 5.34. The second kappa shape index (κ2) is 9.58. The summed E-state index contributed by atoms with van der Waals surface area (Å²) in [4.78, 5) is 20.5. The molecule has 0 N–H and O–H groups in total. The highest BCUT2D eigenvalue weighted by Crippen LogP contribution is 2.37. The largest absolute Gasteiger partial charge is 0.493 e. The summed E-state index contributed by atoms with van der Waals surface area (Å²) in [7, 11) is 3.22. The SMILES string of the molecule is COc1cc(C)c(/C=C2\SC(=Nc3ccccc3)N(C[C@@H]3CCCO3)C2=O)cc1OC. The van der Waals surface area contributed by atoms with E-state index >= 15 is 0 Å². The van der Waals surface area contributed by atoms with Gasteiger partial charge in [-0.15, -0.1) is 0 Å². The molecule has 2 aliphatic rings. The van der Waals surface area contributed by atoms with Crippen molar-refractivity contribution in [2.45, 2.75) is 25.9 Å². The Bertz CT molecular complexity index is 1010. The molecule has 1 atom stereocenters. The zero-order valence-corrected chi connectivity index (χ0v) is 18.8. The fourth-order valence-corrected chi connectivity index (χ4v) is 4.65. The number of ether oxygens (including phenoxy) is 3. The summed E-state index contributed by atoms with van der Waals surface area (Å²) >= 11 is 1.39. The first kappa shape index (κ1) is 21.5. The van der Waals surface area contributed by atoms with Crippen LogP contribution in [0, 0.1) is 6.92 Å². The molecule has 2 saturated heterocycles. The minimum Gasteiger partial charge on any atom is -0.493 e. The van der Waals surface area contributed by atoms with Crippen LogP contribution in [0.3, 0.4) is 0 Å². The molecule has 2 aromatic carbocycles. The van der Waals surface area contributed by atoms with Gasteiger partial charge in [0.2, 0.25) is 0 Å². The molecule has 2 aromatic rings. The molecule has 7 heteroatoms. The van der Waals surface area contributed by atoms with Gasteiger partial charge in [0.05, 0.1) is 37.5 Å². The molecule has 2 aliphatic heterocycles. The van der Waals surface area contributed by atoms with Gasteiger partial charge in [-0.1, -0.05) is 18.2 Å².